The van der Waals surface area contributed by atoms with Gasteiger partial charge in [-0.1, -0.05) is 34.6 Å². The molecule has 0 heterocycles. The largest absolute Gasteiger partial charge is 0.396 e. The molecule has 86 valence electrons. The maximum Gasteiger partial charge on any atom is 0.0499 e. The number of nitrogens with one attached hydrogen (secondary N) is 1. The third-order valence-electron chi connectivity index (χ3n) is 2.99. The predicted octanol–water partition coefficient (Wildman–Crippen LogP) is 2.42. The Labute approximate surface area is 89.1 Å². The van der Waals surface area contributed by atoms with Crippen LogP contribution in [-0.4, -0.2) is 24.8 Å². The molecule has 0 bridgehead atoms. The van der Waals surface area contributed by atoms with Crippen molar-refractivity contribution < 1.29 is 5.11 Å². The van der Waals surface area contributed by atoms with E-state index in [0.29, 0.717) is 5.41 Å². The average molecular weight is 201 g/mol. The number of aliphatic hydroxyl groups excluding tert-OH is 1. The van der Waals surface area contributed by atoms with Crippen molar-refractivity contribution in [3.05, 3.63) is 0 Å². The summed E-state index contributed by atoms with van der Waals surface area (Å²) in [5.41, 5.74) is 0.411. The lowest BCUT2D eigenvalue weighted by Gasteiger charge is -2.31. The summed E-state index contributed by atoms with van der Waals surface area (Å²) in [6.07, 6.45) is 2.08. The van der Waals surface area contributed by atoms with Crippen LogP contribution in [0.3, 0.4) is 0 Å². The molecule has 2 nitrogen and oxygen atoms in total. The summed E-state index contributed by atoms with van der Waals surface area (Å²) < 4.78 is 0. The molecule has 0 aliphatic heterocycles. The van der Waals surface area contributed by atoms with Crippen LogP contribution in [0.4, 0.5) is 0 Å². The Morgan fingerprint density at radius 3 is 1.79 bits per heavy atom. The molecule has 0 rings (SSSR count). The highest BCUT2D eigenvalue weighted by Crippen LogP contribution is 2.24. The second kappa shape index (κ2) is 5.72. The van der Waals surface area contributed by atoms with Crippen LogP contribution in [0.15, 0.2) is 0 Å². The minimum absolute atomic E-state index is 0.0885. The molecule has 0 spiro atoms. The molecule has 0 fully saturated rings. The Bertz CT molecular complexity index is 137. The Morgan fingerprint density at radius 2 is 1.50 bits per heavy atom. The molecule has 0 aromatic rings. The van der Waals surface area contributed by atoms with E-state index in [1.165, 1.54) is 0 Å². The first-order valence-electron chi connectivity index (χ1n) is 5.71. The van der Waals surface area contributed by atoms with Crippen LogP contribution in [0.25, 0.3) is 0 Å². The highest BCUT2D eigenvalue weighted by Gasteiger charge is 2.25. The van der Waals surface area contributed by atoms with Crippen LogP contribution in [0.1, 0.15) is 47.5 Å². The standard InChI is InChI=1S/C12H27NO/c1-6-12(7-2,10-14)9-13-8-11(3,4)5/h13-14H,6-10H2,1-5H3. The van der Waals surface area contributed by atoms with Crippen LogP contribution in [0.2, 0.25) is 0 Å². The molecule has 0 unspecified atom stereocenters. The fourth-order valence-electron chi connectivity index (χ4n) is 1.48. The van der Waals surface area contributed by atoms with E-state index in [9.17, 15) is 5.11 Å². The van der Waals surface area contributed by atoms with E-state index < -0.39 is 0 Å². The van der Waals surface area contributed by atoms with Gasteiger partial charge in [0, 0.05) is 25.1 Å². The van der Waals surface area contributed by atoms with E-state index in [0.717, 1.165) is 25.9 Å². The molecule has 0 aliphatic rings. The average Bonchev–Trinajstić information content (AvgIpc) is 2.11. The van der Waals surface area contributed by atoms with Crippen molar-refractivity contribution in [1.29, 1.82) is 0 Å². The quantitative estimate of drug-likeness (QED) is 0.692. The molecule has 14 heavy (non-hydrogen) atoms. The summed E-state index contributed by atoms with van der Waals surface area (Å²) in [7, 11) is 0. The van der Waals surface area contributed by atoms with Gasteiger partial charge in [-0.15, -0.1) is 0 Å². The maximum absolute atomic E-state index is 9.37. The van der Waals surface area contributed by atoms with Gasteiger partial charge >= 0.3 is 0 Å². The van der Waals surface area contributed by atoms with E-state index in [2.05, 4.69) is 39.9 Å². The van der Waals surface area contributed by atoms with Gasteiger partial charge in [-0.2, -0.15) is 0 Å². The third-order valence-corrected chi connectivity index (χ3v) is 2.99. The van der Waals surface area contributed by atoms with Crippen LogP contribution < -0.4 is 5.32 Å². The van der Waals surface area contributed by atoms with Crippen molar-refractivity contribution in [1.82, 2.24) is 5.32 Å². The first-order chi connectivity index (χ1) is 6.39. The third kappa shape index (κ3) is 4.97. The highest BCUT2D eigenvalue weighted by molar-refractivity contribution is 4.79. The zero-order chi connectivity index (χ0) is 11.2. The molecular formula is C12H27NO. The SMILES string of the molecule is CCC(CC)(CO)CNCC(C)(C)C. The molecular weight excluding hydrogens is 174 g/mol. The Kier molecular flexibility index (Phi) is 5.68. The van der Waals surface area contributed by atoms with E-state index in [4.69, 9.17) is 0 Å². The number of hydrogen-bond acceptors (Lipinski definition) is 2. The summed E-state index contributed by atoms with van der Waals surface area (Å²) in [5.74, 6) is 0. The van der Waals surface area contributed by atoms with Crippen molar-refractivity contribution in [3.8, 4) is 0 Å². The predicted molar refractivity (Wildman–Crippen MR) is 62.4 cm³/mol. The Balaban J connectivity index is 3.95. The zero-order valence-corrected chi connectivity index (χ0v) is 10.5. The fraction of sp³-hybridized carbons (Fsp3) is 1.00. The number of hydrogen-bond donors (Lipinski definition) is 2. The molecule has 0 saturated heterocycles. The minimum Gasteiger partial charge on any atom is -0.396 e. The van der Waals surface area contributed by atoms with Crippen molar-refractivity contribution in [2.45, 2.75) is 47.5 Å². The molecule has 0 aromatic carbocycles. The second-order valence-electron chi connectivity index (χ2n) is 5.53. The molecule has 0 aliphatic carbocycles. The van der Waals surface area contributed by atoms with Gasteiger partial charge in [0.25, 0.3) is 0 Å². The van der Waals surface area contributed by atoms with Crippen LogP contribution >= 0.6 is 0 Å². The van der Waals surface area contributed by atoms with Crippen LogP contribution in [0.5, 0.6) is 0 Å². The van der Waals surface area contributed by atoms with Crippen molar-refractivity contribution in [2.24, 2.45) is 10.8 Å². The molecule has 2 N–H and O–H groups in total. The summed E-state index contributed by atoms with van der Waals surface area (Å²) in [6, 6.07) is 0. The summed E-state index contributed by atoms with van der Waals surface area (Å²) >= 11 is 0. The summed E-state index contributed by atoms with van der Waals surface area (Å²) in [4.78, 5) is 0. The van der Waals surface area contributed by atoms with E-state index in [1.54, 1.807) is 0 Å². The van der Waals surface area contributed by atoms with Gasteiger partial charge in [0.2, 0.25) is 0 Å². The number of rotatable bonds is 6. The van der Waals surface area contributed by atoms with Gasteiger partial charge in [0.15, 0.2) is 0 Å². The topological polar surface area (TPSA) is 32.3 Å². The van der Waals surface area contributed by atoms with Crippen molar-refractivity contribution in [2.75, 3.05) is 19.7 Å². The van der Waals surface area contributed by atoms with Gasteiger partial charge in [0.1, 0.15) is 0 Å². The van der Waals surface area contributed by atoms with Crippen molar-refractivity contribution in [3.63, 3.8) is 0 Å². The molecule has 0 radical (unpaired) electrons. The molecule has 0 saturated carbocycles. The normalized spacial score (nSPS) is 13.3. The minimum atomic E-state index is 0.0885. The van der Waals surface area contributed by atoms with E-state index >= 15 is 0 Å². The lowest BCUT2D eigenvalue weighted by atomic mass is 9.83. The Hall–Kier alpha value is -0.0800. The molecule has 0 amide bonds. The lowest BCUT2D eigenvalue weighted by molar-refractivity contribution is 0.110. The lowest BCUT2D eigenvalue weighted by Crippen LogP contribution is -2.39. The van der Waals surface area contributed by atoms with Gasteiger partial charge in [-0.3, -0.25) is 0 Å². The van der Waals surface area contributed by atoms with Crippen LogP contribution in [0, 0.1) is 10.8 Å². The molecule has 2 heteroatoms. The van der Waals surface area contributed by atoms with Gasteiger partial charge in [-0.05, 0) is 18.3 Å². The van der Waals surface area contributed by atoms with Gasteiger partial charge < -0.3 is 10.4 Å². The maximum atomic E-state index is 9.37. The van der Waals surface area contributed by atoms with E-state index in [1.807, 2.05) is 0 Å². The van der Waals surface area contributed by atoms with E-state index in [-0.39, 0.29) is 12.0 Å². The first kappa shape index (κ1) is 13.9. The zero-order valence-electron chi connectivity index (χ0n) is 10.5. The fourth-order valence-corrected chi connectivity index (χ4v) is 1.48. The second-order valence-corrected chi connectivity index (χ2v) is 5.53. The smallest absolute Gasteiger partial charge is 0.0499 e. The summed E-state index contributed by atoms with van der Waals surface area (Å²) in [5, 5.41) is 12.8. The number of aliphatic hydroxyl groups is 1. The Morgan fingerprint density at radius 1 is 1.00 bits per heavy atom. The van der Waals surface area contributed by atoms with Gasteiger partial charge in [0.05, 0.1) is 0 Å². The monoisotopic (exact) mass is 201 g/mol. The van der Waals surface area contributed by atoms with Gasteiger partial charge in [-0.25, -0.2) is 0 Å². The molecule has 0 aromatic heterocycles. The molecule has 0 atom stereocenters. The van der Waals surface area contributed by atoms with Crippen molar-refractivity contribution >= 4 is 0 Å². The first-order valence-corrected chi connectivity index (χ1v) is 5.71. The summed E-state index contributed by atoms with van der Waals surface area (Å²) in [6.45, 7) is 13.2. The highest BCUT2D eigenvalue weighted by atomic mass is 16.3. The van der Waals surface area contributed by atoms with Crippen LogP contribution in [-0.2, 0) is 0 Å².